The molecule has 0 saturated carbocycles. The summed E-state index contributed by atoms with van der Waals surface area (Å²) in [7, 11) is 0. The van der Waals surface area contributed by atoms with Crippen LogP contribution in [0.1, 0.15) is 31.9 Å². The van der Waals surface area contributed by atoms with Gasteiger partial charge in [-0.15, -0.1) is 0 Å². The third-order valence-corrected chi connectivity index (χ3v) is 3.70. The van der Waals surface area contributed by atoms with E-state index in [0.29, 0.717) is 6.04 Å². The summed E-state index contributed by atoms with van der Waals surface area (Å²) in [6.07, 6.45) is 0. The normalized spacial score (nSPS) is 23.8. The van der Waals surface area contributed by atoms with Crippen molar-refractivity contribution in [3.63, 3.8) is 0 Å². The Morgan fingerprint density at radius 3 is 2.41 bits per heavy atom. The summed E-state index contributed by atoms with van der Waals surface area (Å²) in [5.74, 6) is 0. The molecule has 0 radical (unpaired) electrons. The van der Waals surface area contributed by atoms with Crippen LogP contribution in [0.25, 0.3) is 0 Å². The van der Waals surface area contributed by atoms with Gasteiger partial charge in [0.25, 0.3) is 0 Å². The highest BCUT2D eigenvalue weighted by Gasteiger charge is 2.31. The van der Waals surface area contributed by atoms with Crippen LogP contribution in [0.4, 0.5) is 5.69 Å². The molecule has 1 fully saturated rings. The van der Waals surface area contributed by atoms with Crippen molar-refractivity contribution in [3.05, 3.63) is 29.3 Å². The summed E-state index contributed by atoms with van der Waals surface area (Å²) >= 11 is 0. The number of aryl methyl sites for hydroxylation is 2. The number of hydrogen-bond acceptors (Lipinski definition) is 2. The standard InChI is InChI=1S/C15H24N2/c1-11-7-6-8-12(2)14(11)17-10-15(4,5)16-9-13(17)3/h6-8,13,16H,9-10H2,1-5H3. The fourth-order valence-electron chi connectivity index (χ4n) is 2.73. The molecule has 1 heterocycles. The molecule has 1 aliphatic heterocycles. The predicted octanol–water partition coefficient (Wildman–Crippen LogP) is 2.88. The Kier molecular flexibility index (Phi) is 3.17. The van der Waals surface area contributed by atoms with E-state index in [4.69, 9.17) is 0 Å². The molecule has 0 amide bonds. The van der Waals surface area contributed by atoms with E-state index in [-0.39, 0.29) is 5.54 Å². The number of para-hydroxylation sites is 1. The Labute approximate surface area is 105 Å². The van der Waals surface area contributed by atoms with Gasteiger partial charge in [0.2, 0.25) is 0 Å². The molecule has 0 spiro atoms. The van der Waals surface area contributed by atoms with Gasteiger partial charge in [-0.05, 0) is 45.7 Å². The Bertz CT molecular complexity index is 389. The molecular weight excluding hydrogens is 208 g/mol. The molecule has 0 aliphatic carbocycles. The average Bonchev–Trinajstić information content (AvgIpc) is 2.23. The van der Waals surface area contributed by atoms with E-state index < -0.39 is 0 Å². The zero-order valence-electron chi connectivity index (χ0n) is 11.7. The second-order valence-electron chi connectivity index (χ2n) is 5.98. The van der Waals surface area contributed by atoms with E-state index in [1.54, 1.807) is 0 Å². The zero-order valence-corrected chi connectivity index (χ0v) is 11.7. The van der Waals surface area contributed by atoms with Gasteiger partial charge in [0.15, 0.2) is 0 Å². The van der Waals surface area contributed by atoms with E-state index in [9.17, 15) is 0 Å². The smallest absolute Gasteiger partial charge is 0.0429 e. The van der Waals surface area contributed by atoms with Crippen molar-refractivity contribution in [2.75, 3.05) is 18.0 Å². The molecule has 1 aliphatic rings. The van der Waals surface area contributed by atoms with Crippen LogP contribution in [-0.2, 0) is 0 Å². The van der Waals surface area contributed by atoms with Crippen molar-refractivity contribution in [3.8, 4) is 0 Å². The molecule has 1 aromatic rings. The van der Waals surface area contributed by atoms with Crippen molar-refractivity contribution < 1.29 is 0 Å². The van der Waals surface area contributed by atoms with Gasteiger partial charge in [0.1, 0.15) is 0 Å². The molecule has 17 heavy (non-hydrogen) atoms. The second-order valence-corrected chi connectivity index (χ2v) is 5.98. The van der Waals surface area contributed by atoms with Crippen LogP contribution in [0.5, 0.6) is 0 Å². The SMILES string of the molecule is Cc1cccc(C)c1N1CC(C)(C)NCC1C. The summed E-state index contributed by atoms with van der Waals surface area (Å²) in [4.78, 5) is 2.56. The van der Waals surface area contributed by atoms with E-state index in [1.807, 2.05) is 0 Å². The fraction of sp³-hybridized carbons (Fsp3) is 0.600. The van der Waals surface area contributed by atoms with Crippen molar-refractivity contribution in [1.82, 2.24) is 5.32 Å². The summed E-state index contributed by atoms with van der Waals surface area (Å²) in [5.41, 5.74) is 4.39. The number of nitrogens with one attached hydrogen (secondary N) is 1. The summed E-state index contributed by atoms with van der Waals surface area (Å²) < 4.78 is 0. The first kappa shape index (κ1) is 12.4. The lowest BCUT2D eigenvalue weighted by Crippen LogP contribution is -2.61. The van der Waals surface area contributed by atoms with Gasteiger partial charge in [-0.25, -0.2) is 0 Å². The molecule has 0 bridgehead atoms. The minimum atomic E-state index is 0.196. The van der Waals surface area contributed by atoms with Crippen LogP contribution < -0.4 is 10.2 Å². The van der Waals surface area contributed by atoms with Crippen LogP contribution in [0.3, 0.4) is 0 Å². The van der Waals surface area contributed by atoms with Crippen LogP contribution in [0.2, 0.25) is 0 Å². The second kappa shape index (κ2) is 4.34. The Morgan fingerprint density at radius 1 is 1.24 bits per heavy atom. The van der Waals surface area contributed by atoms with Gasteiger partial charge >= 0.3 is 0 Å². The molecule has 1 aromatic carbocycles. The lowest BCUT2D eigenvalue weighted by molar-refractivity contribution is 0.318. The molecule has 0 aromatic heterocycles. The number of anilines is 1. The number of hydrogen-bond donors (Lipinski definition) is 1. The molecule has 1 saturated heterocycles. The highest BCUT2D eigenvalue weighted by atomic mass is 15.2. The lowest BCUT2D eigenvalue weighted by Gasteiger charge is -2.45. The first-order valence-electron chi connectivity index (χ1n) is 6.48. The quantitative estimate of drug-likeness (QED) is 0.801. The van der Waals surface area contributed by atoms with Crippen molar-refractivity contribution in [2.45, 2.75) is 46.2 Å². The molecule has 1 atom stereocenters. The topological polar surface area (TPSA) is 15.3 Å². The minimum absolute atomic E-state index is 0.196. The number of rotatable bonds is 1. The van der Waals surface area contributed by atoms with Crippen molar-refractivity contribution in [2.24, 2.45) is 0 Å². The van der Waals surface area contributed by atoms with Gasteiger partial charge in [-0.3, -0.25) is 0 Å². The maximum Gasteiger partial charge on any atom is 0.0429 e. The van der Waals surface area contributed by atoms with Crippen molar-refractivity contribution >= 4 is 5.69 Å². The zero-order chi connectivity index (χ0) is 12.6. The van der Waals surface area contributed by atoms with E-state index in [0.717, 1.165) is 13.1 Å². The molecule has 1 unspecified atom stereocenters. The summed E-state index contributed by atoms with van der Waals surface area (Å²) in [6.45, 7) is 13.4. The Hall–Kier alpha value is -1.02. The van der Waals surface area contributed by atoms with Crippen LogP contribution >= 0.6 is 0 Å². The first-order valence-corrected chi connectivity index (χ1v) is 6.48. The Balaban J connectivity index is 2.37. The molecule has 2 rings (SSSR count). The largest absolute Gasteiger partial charge is 0.365 e. The highest BCUT2D eigenvalue weighted by molar-refractivity contribution is 5.60. The molecule has 94 valence electrons. The van der Waals surface area contributed by atoms with Gasteiger partial charge < -0.3 is 10.2 Å². The summed E-state index contributed by atoms with van der Waals surface area (Å²) in [6, 6.07) is 7.13. The third-order valence-electron chi connectivity index (χ3n) is 3.70. The molecule has 2 nitrogen and oxygen atoms in total. The van der Waals surface area contributed by atoms with E-state index in [1.165, 1.54) is 16.8 Å². The molecular formula is C15H24N2. The van der Waals surface area contributed by atoms with Crippen LogP contribution in [-0.4, -0.2) is 24.7 Å². The van der Waals surface area contributed by atoms with Gasteiger partial charge in [0, 0.05) is 30.4 Å². The number of piperazine rings is 1. The van der Waals surface area contributed by atoms with Gasteiger partial charge in [0.05, 0.1) is 0 Å². The average molecular weight is 232 g/mol. The third kappa shape index (κ3) is 2.47. The molecule has 1 N–H and O–H groups in total. The highest BCUT2D eigenvalue weighted by Crippen LogP contribution is 2.29. The van der Waals surface area contributed by atoms with Gasteiger partial charge in [-0.1, -0.05) is 18.2 Å². The van der Waals surface area contributed by atoms with E-state index in [2.05, 4.69) is 63.0 Å². The maximum absolute atomic E-state index is 3.61. The predicted molar refractivity (Wildman–Crippen MR) is 74.8 cm³/mol. The van der Waals surface area contributed by atoms with Crippen molar-refractivity contribution in [1.29, 1.82) is 0 Å². The van der Waals surface area contributed by atoms with Gasteiger partial charge in [-0.2, -0.15) is 0 Å². The lowest BCUT2D eigenvalue weighted by atomic mass is 9.96. The fourth-order valence-corrected chi connectivity index (χ4v) is 2.73. The molecule has 2 heteroatoms. The Morgan fingerprint density at radius 2 is 1.82 bits per heavy atom. The number of benzene rings is 1. The van der Waals surface area contributed by atoms with Crippen LogP contribution in [0, 0.1) is 13.8 Å². The first-order chi connectivity index (χ1) is 7.91. The van der Waals surface area contributed by atoms with Crippen LogP contribution in [0.15, 0.2) is 18.2 Å². The minimum Gasteiger partial charge on any atom is -0.365 e. The monoisotopic (exact) mass is 232 g/mol. The van der Waals surface area contributed by atoms with E-state index >= 15 is 0 Å². The maximum atomic E-state index is 3.61. The summed E-state index contributed by atoms with van der Waals surface area (Å²) in [5, 5.41) is 3.61. The number of nitrogens with zero attached hydrogens (tertiary/aromatic N) is 1.